The number of hydrogen-bond donors (Lipinski definition) is 2. The summed E-state index contributed by atoms with van der Waals surface area (Å²) < 4.78 is 1.22. The quantitative estimate of drug-likeness (QED) is 0.780. The Morgan fingerprint density at radius 3 is 2.67 bits per heavy atom. The number of carboxylic acid groups (broad SMARTS) is 1. The fraction of sp³-hybridized carbons (Fsp3) is 0.692. The Morgan fingerprint density at radius 1 is 1.43 bits per heavy atom. The second kappa shape index (κ2) is 7.61. The lowest BCUT2D eigenvalue weighted by atomic mass is 10.0. The van der Waals surface area contributed by atoms with Gasteiger partial charge in [0, 0.05) is 13.1 Å². The number of aliphatic carboxylic acids is 1. The van der Waals surface area contributed by atoms with E-state index in [4.69, 9.17) is 5.11 Å². The summed E-state index contributed by atoms with van der Waals surface area (Å²) in [6.07, 6.45) is 2.44. The minimum atomic E-state index is -0.988. The minimum absolute atomic E-state index is 0.146. The van der Waals surface area contributed by atoms with Crippen LogP contribution in [0.4, 0.5) is 4.79 Å². The van der Waals surface area contributed by atoms with Gasteiger partial charge in [-0.05, 0) is 19.3 Å². The summed E-state index contributed by atoms with van der Waals surface area (Å²) in [5.41, 5.74) is 0.523. The van der Waals surface area contributed by atoms with E-state index in [1.165, 1.54) is 10.9 Å². The van der Waals surface area contributed by atoms with Crippen molar-refractivity contribution in [2.24, 2.45) is 5.92 Å². The maximum atomic E-state index is 12.0. The van der Waals surface area contributed by atoms with Gasteiger partial charge in [0.1, 0.15) is 12.2 Å². The minimum Gasteiger partial charge on any atom is -0.480 e. The van der Waals surface area contributed by atoms with Crippen LogP contribution in [0.3, 0.4) is 0 Å². The maximum Gasteiger partial charge on any atom is 0.325 e. The van der Waals surface area contributed by atoms with Gasteiger partial charge in [-0.15, -0.1) is 5.10 Å². The van der Waals surface area contributed by atoms with E-state index < -0.39 is 5.97 Å². The van der Waals surface area contributed by atoms with E-state index in [0.717, 1.165) is 6.42 Å². The number of rotatable bonds is 7. The molecule has 2 amide bonds. The number of aromatic nitrogens is 3. The molecule has 0 bridgehead atoms. The van der Waals surface area contributed by atoms with Gasteiger partial charge in [-0.2, -0.15) is 0 Å². The first kappa shape index (κ1) is 16.9. The molecular weight excluding hydrogens is 274 g/mol. The lowest BCUT2D eigenvalue weighted by Crippen LogP contribution is -2.42. The zero-order valence-electron chi connectivity index (χ0n) is 12.9. The monoisotopic (exact) mass is 297 g/mol. The first-order chi connectivity index (χ1) is 9.79. The molecule has 1 heterocycles. The van der Waals surface area contributed by atoms with E-state index in [0.29, 0.717) is 11.6 Å². The van der Waals surface area contributed by atoms with Gasteiger partial charge in [0.15, 0.2) is 0 Å². The summed E-state index contributed by atoms with van der Waals surface area (Å²) in [6, 6.07) is -0.0383. The van der Waals surface area contributed by atoms with Crippen molar-refractivity contribution in [2.75, 3.05) is 7.05 Å². The van der Waals surface area contributed by atoms with Crippen LogP contribution in [0.5, 0.6) is 0 Å². The van der Waals surface area contributed by atoms with E-state index in [9.17, 15) is 9.59 Å². The number of nitrogens with zero attached hydrogens (tertiary/aromatic N) is 4. The Bertz CT molecular complexity index is 486. The van der Waals surface area contributed by atoms with Crippen LogP contribution in [0, 0.1) is 5.92 Å². The molecule has 0 aliphatic rings. The Labute approximate surface area is 124 Å². The van der Waals surface area contributed by atoms with E-state index in [1.807, 2.05) is 6.92 Å². The smallest absolute Gasteiger partial charge is 0.325 e. The third-order valence-corrected chi connectivity index (χ3v) is 3.10. The van der Waals surface area contributed by atoms with Crippen LogP contribution in [0.2, 0.25) is 0 Å². The van der Waals surface area contributed by atoms with Crippen molar-refractivity contribution in [1.29, 1.82) is 0 Å². The fourth-order valence-electron chi connectivity index (χ4n) is 1.97. The molecule has 0 aromatic carbocycles. The Morgan fingerprint density at radius 2 is 2.10 bits per heavy atom. The topological polar surface area (TPSA) is 100 Å². The van der Waals surface area contributed by atoms with Crippen molar-refractivity contribution in [3.8, 4) is 0 Å². The van der Waals surface area contributed by atoms with Gasteiger partial charge in [0.25, 0.3) is 0 Å². The number of carboxylic acids is 1. The molecule has 0 radical (unpaired) electrons. The number of nitrogens with one attached hydrogen (secondary N) is 1. The van der Waals surface area contributed by atoms with Gasteiger partial charge >= 0.3 is 12.0 Å². The Kier molecular flexibility index (Phi) is 6.13. The molecule has 1 aromatic heterocycles. The van der Waals surface area contributed by atoms with Crippen molar-refractivity contribution >= 4 is 12.0 Å². The SMILES string of the molecule is CC(C)CC(C)N(C)C(=O)NCc1cn(CC(=O)O)nn1. The molecule has 1 aromatic rings. The first-order valence-electron chi connectivity index (χ1n) is 6.91. The maximum absolute atomic E-state index is 12.0. The number of carbonyl (C=O) groups is 2. The molecule has 118 valence electrons. The zero-order chi connectivity index (χ0) is 16.0. The molecule has 1 rings (SSSR count). The number of urea groups is 1. The highest BCUT2D eigenvalue weighted by Crippen LogP contribution is 2.09. The van der Waals surface area contributed by atoms with Crippen LogP contribution in [0.25, 0.3) is 0 Å². The molecule has 8 heteroatoms. The molecule has 2 N–H and O–H groups in total. The van der Waals surface area contributed by atoms with Crippen molar-refractivity contribution in [3.63, 3.8) is 0 Å². The van der Waals surface area contributed by atoms with E-state index in [-0.39, 0.29) is 25.2 Å². The third kappa shape index (κ3) is 5.80. The number of amides is 2. The molecule has 0 fully saturated rings. The predicted octanol–water partition coefficient (Wildman–Crippen LogP) is 0.939. The third-order valence-electron chi connectivity index (χ3n) is 3.10. The highest BCUT2D eigenvalue weighted by atomic mass is 16.4. The van der Waals surface area contributed by atoms with Crippen molar-refractivity contribution in [3.05, 3.63) is 11.9 Å². The normalized spacial score (nSPS) is 12.2. The molecule has 0 spiro atoms. The van der Waals surface area contributed by atoms with Crippen molar-refractivity contribution in [1.82, 2.24) is 25.2 Å². The molecule has 0 saturated carbocycles. The first-order valence-corrected chi connectivity index (χ1v) is 6.91. The van der Waals surface area contributed by atoms with Crippen LogP contribution in [0.1, 0.15) is 32.9 Å². The van der Waals surface area contributed by atoms with Crippen LogP contribution in [-0.2, 0) is 17.9 Å². The van der Waals surface area contributed by atoms with E-state index in [2.05, 4.69) is 29.5 Å². The van der Waals surface area contributed by atoms with Crippen LogP contribution in [-0.4, -0.2) is 50.1 Å². The number of hydrogen-bond acceptors (Lipinski definition) is 4. The largest absolute Gasteiger partial charge is 0.480 e. The summed E-state index contributed by atoms with van der Waals surface area (Å²) in [5, 5.41) is 18.9. The van der Waals surface area contributed by atoms with Gasteiger partial charge in [0.05, 0.1) is 12.7 Å². The molecule has 1 atom stereocenters. The van der Waals surface area contributed by atoms with Crippen molar-refractivity contribution in [2.45, 2.75) is 46.3 Å². The van der Waals surface area contributed by atoms with Crippen LogP contribution < -0.4 is 5.32 Å². The highest BCUT2D eigenvalue weighted by molar-refractivity contribution is 5.74. The highest BCUT2D eigenvalue weighted by Gasteiger charge is 2.16. The average molecular weight is 297 g/mol. The van der Waals surface area contributed by atoms with Gasteiger partial charge in [-0.25, -0.2) is 9.48 Å². The molecule has 0 aliphatic heterocycles. The summed E-state index contributed by atoms with van der Waals surface area (Å²) in [5.74, 6) is -0.469. The zero-order valence-corrected chi connectivity index (χ0v) is 12.9. The second-order valence-electron chi connectivity index (χ2n) is 5.55. The van der Waals surface area contributed by atoms with Gasteiger partial charge in [-0.3, -0.25) is 4.79 Å². The standard InChI is InChI=1S/C13H23N5O3/c1-9(2)5-10(3)17(4)13(21)14-6-11-7-18(16-15-11)8-12(19)20/h7,9-10H,5-6,8H2,1-4H3,(H,14,21)(H,19,20). The Balaban J connectivity index is 2.45. The second-order valence-corrected chi connectivity index (χ2v) is 5.55. The molecule has 8 nitrogen and oxygen atoms in total. The molecule has 0 saturated heterocycles. The van der Waals surface area contributed by atoms with Crippen LogP contribution >= 0.6 is 0 Å². The Hall–Kier alpha value is -2.12. The van der Waals surface area contributed by atoms with Gasteiger partial charge < -0.3 is 15.3 Å². The molecule has 21 heavy (non-hydrogen) atoms. The fourth-order valence-corrected chi connectivity index (χ4v) is 1.97. The van der Waals surface area contributed by atoms with Gasteiger partial charge in [-0.1, -0.05) is 19.1 Å². The average Bonchev–Trinajstić information content (AvgIpc) is 2.80. The summed E-state index contributed by atoms with van der Waals surface area (Å²) in [6.45, 7) is 6.21. The predicted molar refractivity (Wildman–Crippen MR) is 76.6 cm³/mol. The van der Waals surface area contributed by atoms with E-state index in [1.54, 1.807) is 11.9 Å². The summed E-state index contributed by atoms with van der Waals surface area (Å²) in [7, 11) is 1.75. The van der Waals surface area contributed by atoms with E-state index >= 15 is 0 Å². The molecule has 0 aliphatic carbocycles. The van der Waals surface area contributed by atoms with Gasteiger partial charge in [0.2, 0.25) is 0 Å². The van der Waals surface area contributed by atoms with Crippen molar-refractivity contribution < 1.29 is 14.7 Å². The summed E-state index contributed by atoms with van der Waals surface area (Å²) >= 11 is 0. The summed E-state index contributed by atoms with van der Waals surface area (Å²) in [4.78, 5) is 24.2. The lowest BCUT2D eigenvalue weighted by Gasteiger charge is -2.26. The van der Waals surface area contributed by atoms with Crippen LogP contribution in [0.15, 0.2) is 6.20 Å². The molecular formula is C13H23N5O3. The lowest BCUT2D eigenvalue weighted by molar-refractivity contribution is -0.137. The number of carbonyl (C=O) groups excluding carboxylic acids is 1. The molecule has 1 unspecified atom stereocenters.